The molecule has 1 aromatic carbocycles. The van der Waals surface area contributed by atoms with E-state index in [4.69, 9.17) is 4.43 Å². The van der Waals surface area contributed by atoms with Gasteiger partial charge in [-0.25, -0.2) is 0 Å². The Hall–Kier alpha value is -1.19. The van der Waals surface area contributed by atoms with Crippen molar-refractivity contribution in [2.45, 2.75) is 77.8 Å². The monoisotopic (exact) mass is 375 g/mol. The summed E-state index contributed by atoms with van der Waals surface area (Å²) in [5.41, 5.74) is 6.16. The van der Waals surface area contributed by atoms with Crippen molar-refractivity contribution < 1.29 is 4.43 Å². The number of hydrogen-bond acceptors (Lipinski definition) is 2. The van der Waals surface area contributed by atoms with Gasteiger partial charge in [0.15, 0.2) is 0 Å². The number of nitrogens with one attached hydrogen (secondary N) is 1. The summed E-state index contributed by atoms with van der Waals surface area (Å²) in [6.45, 7) is 21.4. The van der Waals surface area contributed by atoms with Crippen LogP contribution in [0.25, 0.3) is 0 Å². The minimum atomic E-state index is -1.95. The van der Waals surface area contributed by atoms with Crippen LogP contribution in [0.15, 0.2) is 24.3 Å². The van der Waals surface area contributed by atoms with Gasteiger partial charge in [-0.2, -0.15) is 0 Å². The molecule has 140 valence electrons. The van der Waals surface area contributed by atoms with E-state index in [1.807, 2.05) is 0 Å². The smallest absolute Gasteiger partial charge is 0.258 e. The lowest BCUT2D eigenvalue weighted by molar-refractivity contribution is 0.481. The molecule has 0 fully saturated rings. The van der Waals surface area contributed by atoms with Gasteiger partial charge in [0, 0.05) is 0 Å². The molecule has 0 aromatic heterocycles. The summed E-state index contributed by atoms with van der Waals surface area (Å²) in [5.74, 6) is 4.27. The summed E-state index contributed by atoms with van der Waals surface area (Å²) in [5, 5.41) is 3.47. The van der Waals surface area contributed by atoms with Gasteiger partial charge in [0.2, 0.25) is 0 Å². The van der Waals surface area contributed by atoms with Crippen molar-refractivity contribution in [1.82, 2.24) is 0 Å². The molecule has 0 atom stereocenters. The lowest BCUT2D eigenvalue weighted by atomic mass is 10.3. The first-order valence-electron chi connectivity index (χ1n) is 9.52. The molecule has 0 saturated carbocycles. The van der Waals surface area contributed by atoms with E-state index in [0.717, 1.165) is 11.4 Å². The van der Waals surface area contributed by atoms with E-state index < -0.39 is 16.4 Å². The van der Waals surface area contributed by atoms with Gasteiger partial charge in [-0.15, -0.1) is 5.54 Å². The highest BCUT2D eigenvalue weighted by atomic mass is 28.4. The van der Waals surface area contributed by atoms with Gasteiger partial charge < -0.3 is 9.74 Å². The molecule has 0 amide bonds. The predicted octanol–water partition coefficient (Wildman–Crippen LogP) is 6.53. The summed E-state index contributed by atoms with van der Waals surface area (Å²) in [6.07, 6.45) is 0. The van der Waals surface area contributed by atoms with Gasteiger partial charge in [-0.3, -0.25) is 0 Å². The minimum Gasteiger partial charge on any atom is -0.541 e. The summed E-state index contributed by atoms with van der Waals surface area (Å²) >= 11 is 0. The van der Waals surface area contributed by atoms with E-state index in [-0.39, 0.29) is 0 Å². The standard InChI is InChI=1S/C21H37NOSi2/c1-17(2)25(18(3)4,19(5)6)23-21-14-11-10-13-20(21)22-15-12-16-24(7,8)9/h10-11,13-14,17-19,22H,15H2,1-9H3. The van der Waals surface area contributed by atoms with Crippen molar-refractivity contribution in [2.24, 2.45) is 0 Å². The molecule has 2 nitrogen and oxygen atoms in total. The Bertz CT molecular complexity index is 585. The largest absolute Gasteiger partial charge is 0.541 e. The third-order valence-electron chi connectivity index (χ3n) is 4.71. The van der Waals surface area contributed by atoms with E-state index in [0.29, 0.717) is 23.2 Å². The second kappa shape index (κ2) is 8.96. The lowest BCUT2D eigenvalue weighted by Crippen LogP contribution is -2.50. The van der Waals surface area contributed by atoms with Crippen LogP contribution in [0.3, 0.4) is 0 Å². The molecular formula is C21H37NOSi2. The quantitative estimate of drug-likeness (QED) is 0.432. The maximum Gasteiger partial charge on any atom is 0.258 e. The summed E-state index contributed by atoms with van der Waals surface area (Å²) < 4.78 is 6.85. The van der Waals surface area contributed by atoms with Crippen LogP contribution in [-0.4, -0.2) is 22.9 Å². The Morgan fingerprint density at radius 1 is 0.920 bits per heavy atom. The predicted molar refractivity (Wildman–Crippen MR) is 118 cm³/mol. The van der Waals surface area contributed by atoms with Gasteiger partial charge >= 0.3 is 0 Å². The van der Waals surface area contributed by atoms with Crippen LogP contribution in [0, 0.1) is 11.5 Å². The number of rotatable bonds is 7. The molecule has 0 bridgehead atoms. The average Bonchev–Trinajstić information content (AvgIpc) is 2.48. The third-order valence-corrected chi connectivity index (χ3v) is 11.6. The Morgan fingerprint density at radius 2 is 1.44 bits per heavy atom. The van der Waals surface area contributed by atoms with Crippen molar-refractivity contribution in [3.63, 3.8) is 0 Å². The van der Waals surface area contributed by atoms with Crippen LogP contribution in [0.1, 0.15) is 41.5 Å². The van der Waals surface area contributed by atoms with Crippen molar-refractivity contribution in [2.75, 3.05) is 11.9 Å². The maximum absolute atomic E-state index is 6.85. The van der Waals surface area contributed by atoms with Gasteiger partial charge in [0.25, 0.3) is 8.32 Å². The molecule has 1 aromatic rings. The van der Waals surface area contributed by atoms with E-state index in [1.165, 1.54) is 0 Å². The van der Waals surface area contributed by atoms with Crippen LogP contribution >= 0.6 is 0 Å². The maximum atomic E-state index is 6.85. The van der Waals surface area contributed by atoms with Crippen LogP contribution < -0.4 is 9.74 Å². The molecule has 0 aliphatic carbocycles. The molecule has 25 heavy (non-hydrogen) atoms. The third kappa shape index (κ3) is 5.93. The van der Waals surface area contributed by atoms with Crippen LogP contribution in [0.4, 0.5) is 5.69 Å². The summed E-state index contributed by atoms with van der Waals surface area (Å²) in [7, 11) is -3.26. The molecule has 0 saturated heterocycles. The summed E-state index contributed by atoms with van der Waals surface area (Å²) in [4.78, 5) is 0. The minimum absolute atomic E-state index is 0.562. The fourth-order valence-electron chi connectivity index (χ4n) is 3.69. The molecular weight excluding hydrogens is 338 g/mol. The first kappa shape index (κ1) is 21.9. The van der Waals surface area contributed by atoms with E-state index >= 15 is 0 Å². The normalized spacial score (nSPS) is 12.3. The zero-order valence-corrected chi connectivity index (χ0v) is 19.7. The van der Waals surface area contributed by atoms with Gasteiger partial charge in [-0.05, 0) is 28.8 Å². The fourth-order valence-corrected chi connectivity index (χ4v) is 9.58. The van der Waals surface area contributed by atoms with E-state index in [9.17, 15) is 0 Å². The fraction of sp³-hybridized carbons (Fsp3) is 0.619. The van der Waals surface area contributed by atoms with Crippen LogP contribution in [0.2, 0.25) is 36.3 Å². The molecule has 0 unspecified atom stereocenters. The number of anilines is 1. The molecule has 0 spiro atoms. The molecule has 0 radical (unpaired) electrons. The first-order chi connectivity index (χ1) is 11.5. The molecule has 1 rings (SSSR count). The molecule has 0 heterocycles. The zero-order chi connectivity index (χ0) is 19.3. The summed E-state index contributed by atoms with van der Waals surface area (Å²) in [6, 6.07) is 8.33. The zero-order valence-electron chi connectivity index (χ0n) is 17.7. The average molecular weight is 376 g/mol. The highest BCUT2D eigenvalue weighted by Gasteiger charge is 2.47. The van der Waals surface area contributed by atoms with E-state index in [1.54, 1.807) is 0 Å². The molecule has 0 aliphatic rings. The Morgan fingerprint density at radius 3 is 1.92 bits per heavy atom. The molecule has 4 heteroatoms. The Labute approximate surface area is 157 Å². The second-order valence-electron chi connectivity index (χ2n) is 8.82. The first-order valence-corrected chi connectivity index (χ1v) is 15.2. The molecule has 0 aliphatic heterocycles. The van der Waals surface area contributed by atoms with Gasteiger partial charge in [-0.1, -0.05) is 79.2 Å². The topological polar surface area (TPSA) is 21.3 Å². The van der Waals surface area contributed by atoms with Crippen molar-refractivity contribution in [3.8, 4) is 17.2 Å². The number of hydrogen-bond donors (Lipinski definition) is 1. The highest BCUT2D eigenvalue weighted by molar-refractivity contribution is 6.83. The SMILES string of the molecule is CC(C)[Si](Oc1ccccc1NCC#C[Si](C)(C)C)(C(C)C)C(C)C. The number of para-hydroxylation sites is 2. The van der Waals surface area contributed by atoms with Gasteiger partial charge in [0.1, 0.15) is 13.8 Å². The highest BCUT2D eigenvalue weighted by Crippen LogP contribution is 2.44. The van der Waals surface area contributed by atoms with Crippen molar-refractivity contribution in [3.05, 3.63) is 24.3 Å². The Kier molecular flexibility index (Phi) is 7.83. The van der Waals surface area contributed by atoms with Crippen molar-refractivity contribution in [1.29, 1.82) is 0 Å². The Balaban J connectivity index is 3.07. The lowest BCUT2D eigenvalue weighted by Gasteiger charge is -2.42. The van der Waals surface area contributed by atoms with E-state index in [2.05, 4.69) is 102 Å². The second-order valence-corrected chi connectivity index (χ2v) is 18.9. The molecule has 1 N–H and O–H groups in total. The number of benzene rings is 1. The van der Waals surface area contributed by atoms with Crippen LogP contribution in [0.5, 0.6) is 5.75 Å². The van der Waals surface area contributed by atoms with Gasteiger partial charge in [0.05, 0.1) is 12.2 Å². The van der Waals surface area contributed by atoms with Crippen LogP contribution in [-0.2, 0) is 0 Å². The van der Waals surface area contributed by atoms with Crippen molar-refractivity contribution >= 4 is 22.1 Å².